The molecule has 0 N–H and O–H groups in total. The minimum Gasteiger partial charge on any atom is -0.126 e. The monoisotopic (exact) mass is 370 g/mol. The lowest BCUT2D eigenvalue weighted by atomic mass is 10.0. The molecule has 22 heavy (non-hydrogen) atoms. The van der Waals surface area contributed by atoms with Crippen molar-refractivity contribution in [2.24, 2.45) is 0 Å². The smallest absolute Gasteiger partial charge is 0.126 e. The van der Waals surface area contributed by atoms with E-state index in [9.17, 15) is 0 Å². The molecule has 0 unspecified atom stereocenters. The molecule has 0 aliphatic carbocycles. The summed E-state index contributed by atoms with van der Waals surface area (Å²) in [6.45, 7) is 6.98. The lowest BCUT2D eigenvalue weighted by molar-refractivity contribution is 0.871. The second kappa shape index (κ2) is 7.81. The molecular formula is C20H23BrSi. The first-order chi connectivity index (χ1) is 10.5. The summed E-state index contributed by atoms with van der Waals surface area (Å²) in [5.41, 5.74) is 7.16. The summed E-state index contributed by atoms with van der Waals surface area (Å²) in [5, 5.41) is 0. The van der Waals surface area contributed by atoms with Crippen LogP contribution in [0.15, 0.2) is 53.0 Å². The van der Waals surface area contributed by atoms with Gasteiger partial charge in [-0.2, -0.15) is 0 Å². The number of halogens is 1. The second-order valence-electron chi connectivity index (χ2n) is 6.32. The molecule has 0 nitrogen and oxygen atoms in total. The van der Waals surface area contributed by atoms with Gasteiger partial charge in [0.05, 0.1) is 0 Å². The largest absolute Gasteiger partial charge is 0.132 e. The van der Waals surface area contributed by atoms with Gasteiger partial charge < -0.3 is 0 Å². The Balaban J connectivity index is 2.11. The third-order valence-corrected chi connectivity index (χ3v) is 6.70. The topological polar surface area (TPSA) is 0 Å². The highest BCUT2D eigenvalue weighted by molar-refractivity contribution is 9.10. The molecule has 2 rings (SSSR count). The van der Waals surface area contributed by atoms with Crippen LogP contribution in [-0.2, 0) is 0 Å². The molecule has 0 spiro atoms. The molecule has 0 atom stereocenters. The highest BCUT2D eigenvalue weighted by Crippen LogP contribution is 2.22. The van der Waals surface area contributed by atoms with Crippen molar-refractivity contribution in [1.82, 2.24) is 0 Å². The fourth-order valence-electron chi connectivity index (χ4n) is 2.31. The van der Waals surface area contributed by atoms with Gasteiger partial charge in [-0.05, 0) is 41.4 Å². The minimum atomic E-state index is -1.36. The fourth-order valence-corrected chi connectivity index (χ4v) is 4.42. The van der Waals surface area contributed by atoms with E-state index >= 15 is 0 Å². The normalized spacial score (nSPS) is 10.9. The van der Waals surface area contributed by atoms with Crippen molar-refractivity contribution in [3.8, 4) is 22.6 Å². The minimum absolute atomic E-state index is 1.11. The molecule has 0 saturated carbocycles. The third kappa shape index (κ3) is 5.16. The van der Waals surface area contributed by atoms with Crippen molar-refractivity contribution >= 4 is 24.0 Å². The van der Waals surface area contributed by atoms with E-state index in [0.29, 0.717) is 0 Å². The van der Waals surface area contributed by atoms with Gasteiger partial charge in [0, 0.05) is 10.0 Å². The predicted octanol–water partition coefficient (Wildman–Crippen LogP) is 6.52. The van der Waals surface area contributed by atoms with Crippen LogP contribution in [0, 0.1) is 11.5 Å². The zero-order chi connectivity index (χ0) is 16.0. The first-order valence-electron chi connectivity index (χ1n) is 7.89. The van der Waals surface area contributed by atoms with E-state index < -0.39 is 8.07 Å². The van der Waals surface area contributed by atoms with Crippen molar-refractivity contribution in [2.45, 2.75) is 38.9 Å². The van der Waals surface area contributed by atoms with Crippen molar-refractivity contribution < 1.29 is 0 Å². The highest BCUT2D eigenvalue weighted by atomic mass is 79.9. The summed E-state index contributed by atoms with van der Waals surface area (Å²) < 4.78 is 1.11. The number of unbranched alkanes of at least 4 members (excludes halogenated alkanes) is 1. The Morgan fingerprint density at radius 3 is 2.00 bits per heavy atom. The molecule has 0 amide bonds. The summed E-state index contributed by atoms with van der Waals surface area (Å²) in [7, 11) is -1.36. The molecule has 0 saturated heterocycles. The Hall–Kier alpha value is -1.30. The van der Waals surface area contributed by atoms with Crippen LogP contribution in [-0.4, -0.2) is 8.07 Å². The Kier molecular flexibility index (Phi) is 6.05. The molecule has 0 heterocycles. The van der Waals surface area contributed by atoms with E-state index in [4.69, 9.17) is 0 Å². The van der Waals surface area contributed by atoms with Crippen LogP contribution < -0.4 is 0 Å². The number of benzene rings is 2. The van der Waals surface area contributed by atoms with Crippen molar-refractivity contribution in [3.05, 3.63) is 58.6 Å². The van der Waals surface area contributed by atoms with Crippen LogP contribution in [0.1, 0.15) is 25.3 Å². The lowest BCUT2D eigenvalue weighted by Crippen LogP contribution is -2.22. The van der Waals surface area contributed by atoms with Crippen molar-refractivity contribution in [3.63, 3.8) is 0 Å². The molecule has 2 heteroatoms. The van der Waals surface area contributed by atoms with Gasteiger partial charge >= 0.3 is 0 Å². The van der Waals surface area contributed by atoms with E-state index in [-0.39, 0.29) is 0 Å². The Morgan fingerprint density at radius 2 is 1.45 bits per heavy atom. The maximum atomic E-state index is 3.56. The molecule has 0 bridgehead atoms. The van der Waals surface area contributed by atoms with Gasteiger partial charge in [0.15, 0.2) is 0 Å². The van der Waals surface area contributed by atoms with Crippen LogP contribution in [0.25, 0.3) is 11.1 Å². The Bertz CT molecular complexity index is 658. The van der Waals surface area contributed by atoms with E-state index in [1.807, 2.05) is 0 Å². The van der Waals surface area contributed by atoms with Gasteiger partial charge in [0.1, 0.15) is 8.07 Å². The van der Waals surface area contributed by atoms with E-state index in [0.717, 1.165) is 10.0 Å². The predicted molar refractivity (Wildman–Crippen MR) is 104 cm³/mol. The molecule has 2 aromatic carbocycles. The lowest BCUT2D eigenvalue weighted by Gasteiger charge is -2.13. The summed E-state index contributed by atoms with van der Waals surface area (Å²) in [4.78, 5) is 0. The average Bonchev–Trinajstić information content (AvgIpc) is 2.52. The number of hydrogen-bond donors (Lipinski definition) is 0. The van der Waals surface area contributed by atoms with Crippen LogP contribution in [0.2, 0.25) is 19.1 Å². The Labute approximate surface area is 144 Å². The van der Waals surface area contributed by atoms with Crippen LogP contribution in [0.4, 0.5) is 0 Å². The first kappa shape index (κ1) is 17.1. The molecule has 0 fully saturated rings. The molecule has 0 aromatic heterocycles. The quantitative estimate of drug-likeness (QED) is 0.424. The molecule has 0 aliphatic rings. The van der Waals surface area contributed by atoms with Gasteiger partial charge in [-0.3, -0.25) is 0 Å². The standard InChI is InChI=1S/C20H23BrSi/c1-4-5-15-22(2,3)16-14-17-6-8-18(9-7-17)19-10-12-20(21)13-11-19/h6-13H,4-5,15H2,1-3H3. The van der Waals surface area contributed by atoms with E-state index in [1.165, 1.54) is 30.0 Å². The molecule has 0 aliphatic heterocycles. The molecule has 2 aromatic rings. The molecule has 0 radical (unpaired) electrons. The fraction of sp³-hybridized carbons (Fsp3) is 0.300. The second-order valence-corrected chi connectivity index (χ2v) is 11.8. The summed E-state index contributed by atoms with van der Waals surface area (Å²) in [6, 6.07) is 18.3. The van der Waals surface area contributed by atoms with Gasteiger partial charge in [-0.25, -0.2) is 0 Å². The zero-order valence-corrected chi connectivity index (χ0v) is 16.2. The Morgan fingerprint density at radius 1 is 0.909 bits per heavy atom. The highest BCUT2D eigenvalue weighted by Gasteiger charge is 2.16. The molecular weight excluding hydrogens is 348 g/mol. The van der Waals surface area contributed by atoms with Crippen molar-refractivity contribution in [2.75, 3.05) is 0 Å². The van der Waals surface area contributed by atoms with E-state index in [1.54, 1.807) is 0 Å². The average molecular weight is 371 g/mol. The summed E-state index contributed by atoms with van der Waals surface area (Å²) in [6.07, 6.45) is 2.57. The third-order valence-electron chi connectivity index (χ3n) is 3.76. The maximum Gasteiger partial charge on any atom is 0.132 e. The SMILES string of the molecule is CCCC[Si](C)(C)C#Cc1ccc(-c2ccc(Br)cc2)cc1. The van der Waals surface area contributed by atoms with Crippen LogP contribution in [0.3, 0.4) is 0 Å². The summed E-state index contributed by atoms with van der Waals surface area (Å²) >= 11 is 3.47. The molecule has 114 valence electrons. The van der Waals surface area contributed by atoms with Gasteiger partial charge in [0.25, 0.3) is 0 Å². The van der Waals surface area contributed by atoms with Crippen LogP contribution in [0.5, 0.6) is 0 Å². The van der Waals surface area contributed by atoms with Crippen LogP contribution >= 0.6 is 15.9 Å². The first-order valence-corrected chi connectivity index (χ1v) is 11.9. The van der Waals surface area contributed by atoms with Gasteiger partial charge in [-0.1, -0.05) is 79.0 Å². The van der Waals surface area contributed by atoms with Gasteiger partial charge in [0.2, 0.25) is 0 Å². The maximum absolute atomic E-state index is 3.56. The van der Waals surface area contributed by atoms with Crippen molar-refractivity contribution in [1.29, 1.82) is 0 Å². The zero-order valence-electron chi connectivity index (χ0n) is 13.6. The number of hydrogen-bond acceptors (Lipinski definition) is 0. The number of rotatable bonds is 4. The van der Waals surface area contributed by atoms with E-state index in [2.05, 4.69) is 95.9 Å². The summed E-state index contributed by atoms with van der Waals surface area (Å²) in [5.74, 6) is 3.39. The van der Waals surface area contributed by atoms with Gasteiger partial charge in [-0.15, -0.1) is 5.54 Å².